The van der Waals surface area contributed by atoms with E-state index >= 15 is 0 Å². The highest BCUT2D eigenvalue weighted by Gasteiger charge is 2.11. The first-order chi connectivity index (χ1) is 12.9. The number of non-ortho nitro benzene ring substituents is 1. The second kappa shape index (κ2) is 9.42. The average Bonchev–Trinajstić information content (AvgIpc) is 2.67. The number of hydrogen-bond donors (Lipinski definition) is 0. The predicted molar refractivity (Wildman–Crippen MR) is 99.8 cm³/mol. The van der Waals surface area contributed by atoms with Crippen molar-refractivity contribution in [3.05, 3.63) is 64.1 Å². The van der Waals surface area contributed by atoms with Gasteiger partial charge in [0.1, 0.15) is 6.61 Å². The Morgan fingerprint density at radius 3 is 2.44 bits per heavy atom. The highest BCUT2D eigenvalue weighted by Crippen LogP contribution is 2.28. The molecule has 0 aliphatic rings. The number of ether oxygens (including phenoxy) is 3. The van der Waals surface area contributed by atoms with Crippen LogP contribution in [0.25, 0.3) is 6.08 Å². The van der Waals surface area contributed by atoms with Gasteiger partial charge in [-0.25, -0.2) is 4.39 Å². The van der Waals surface area contributed by atoms with Crippen LogP contribution in [0.15, 0.2) is 42.6 Å². The number of nitro groups is 1. The molecule has 2 aromatic rings. The third-order valence-electron chi connectivity index (χ3n) is 3.76. The molecule has 2 aromatic carbocycles. The highest BCUT2D eigenvalue weighted by atomic mass is 19.1. The van der Waals surface area contributed by atoms with E-state index in [0.717, 1.165) is 11.6 Å². The van der Waals surface area contributed by atoms with Gasteiger partial charge in [0, 0.05) is 13.1 Å². The van der Waals surface area contributed by atoms with E-state index in [1.165, 1.54) is 12.1 Å². The lowest BCUT2D eigenvalue weighted by Gasteiger charge is -2.15. The van der Waals surface area contributed by atoms with Crippen molar-refractivity contribution in [2.24, 2.45) is 0 Å². The molecular weight excluding hydrogens is 355 g/mol. The summed E-state index contributed by atoms with van der Waals surface area (Å²) in [5.41, 5.74) is 0.622. The van der Waals surface area contributed by atoms with Crippen molar-refractivity contribution in [3.63, 3.8) is 0 Å². The summed E-state index contributed by atoms with van der Waals surface area (Å²) in [5, 5.41) is 10.6. The molecule has 0 aromatic heterocycles. The summed E-state index contributed by atoms with van der Waals surface area (Å²) < 4.78 is 29.6. The molecule has 0 unspecified atom stereocenters. The third-order valence-corrected chi connectivity index (χ3v) is 3.76. The zero-order valence-electron chi connectivity index (χ0n) is 15.3. The molecule has 27 heavy (non-hydrogen) atoms. The third kappa shape index (κ3) is 5.60. The zero-order chi connectivity index (χ0) is 19.8. The van der Waals surface area contributed by atoms with E-state index in [1.807, 2.05) is 42.4 Å². The summed E-state index contributed by atoms with van der Waals surface area (Å²) in [6, 6.07) is 8.88. The largest absolute Gasteiger partial charge is 0.493 e. The number of benzene rings is 2. The van der Waals surface area contributed by atoms with E-state index in [2.05, 4.69) is 0 Å². The summed E-state index contributed by atoms with van der Waals surface area (Å²) in [7, 11) is 5.01. The van der Waals surface area contributed by atoms with Gasteiger partial charge in [-0.15, -0.1) is 0 Å². The Kier molecular flexibility index (Phi) is 6.99. The number of nitro benzene ring substituents is 1. The van der Waals surface area contributed by atoms with Crippen LogP contribution in [0.1, 0.15) is 5.56 Å². The molecule has 0 atom stereocenters. The van der Waals surface area contributed by atoms with E-state index < -0.39 is 10.7 Å². The van der Waals surface area contributed by atoms with Crippen LogP contribution in [0.2, 0.25) is 0 Å². The SMILES string of the molecule is COc1ccc(C=CN(C)CCOc2ccc([N+](=O)[O-])cc2F)cc1OC. The van der Waals surface area contributed by atoms with Crippen molar-refractivity contribution in [1.29, 1.82) is 0 Å². The Balaban J connectivity index is 1.88. The van der Waals surface area contributed by atoms with Crippen LogP contribution in [0.3, 0.4) is 0 Å². The number of halogens is 1. The maximum Gasteiger partial charge on any atom is 0.272 e. The standard InChI is InChI=1S/C19H21FN2O5/c1-21(9-8-14-4-6-18(25-2)19(12-14)26-3)10-11-27-17-7-5-15(22(23)24)13-16(17)20/h4-9,12-13H,10-11H2,1-3H3. The molecule has 0 radical (unpaired) electrons. The Labute approximate surface area is 156 Å². The molecule has 0 spiro atoms. The maximum absolute atomic E-state index is 13.8. The Morgan fingerprint density at radius 1 is 1.11 bits per heavy atom. The van der Waals surface area contributed by atoms with Gasteiger partial charge < -0.3 is 19.1 Å². The molecule has 0 amide bonds. The van der Waals surface area contributed by atoms with Crippen LogP contribution in [-0.4, -0.2) is 44.2 Å². The molecule has 0 aliphatic heterocycles. The lowest BCUT2D eigenvalue weighted by atomic mass is 10.2. The van der Waals surface area contributed by atoms with Crippen molar-refractivity contribution in [2.45, 2.75) is 0 Å². The van der Waals surface area contributed by atoms with Gasteiger partial charge in [0.05, 0.1) is 31.8 Å². The van der Waals surface area contributed by atoms with Crippen molar-refractivity contribution >= 4 is 11.8 Å². The number of hydrogen-bond acceptors (Lipinski definition) is 6. The van der Waals surface area contributed by atoms with Gasteiger partial charge in [-0.05, 0) is 36.0 Å². The van der Waals surface area contributed by atoms with Crippen LogP contribution in [-0.2, 0) is 0 Å². The van der Waals surface area contributed by atoms with Gasteiger partial charge in [-0.1, -0.05) is 6.07 Å². The molecule has 0 saturated heterocycles. The minimum Gasteiger partial charge on any atom is -0.493 e. The zero-order valence-corrected chi connectivity index (χ0v) is 15.3. The molecule has 0 aliphatic carbocycles. The molecule has 8 heteroatoms. The van der Waals surface area contributed by atoms with Crippen LogP contribution in [0.5, 0.6) is 17.2 Å². The summed E-state index contributed by atoms with van der Waals surface area (Å²) in [6.45, 7) is 0.724. The first-order valence-electron chi connectivity index (χ1n) is 8.11. The normalized spacial score (nSPS) is 10.7. The average molecular weight is 376 g/mol. The Hall–Kier alpha value is -3.29. The minimum absolute atomic E-state index is 0.0159. The number of rotatable bonds is 9. The lowest BCUT2D eigenvalue weighted by molar-refractivity contribution is -0.385. The Bertz CT molecular complexity index is 826. The van der Waals surface area contributed by atoms with E-state index in [4.69, 9.17) is 14.2 Å². The van der Waals surface area contributed by atoms with E-state index in [-0.39, 0.29) is 18.0 Å². The van der Waals surface area contributed by atoms with Gasteiger partial charge in [-0.2, -0.15) is 0 Å². The fourth-order valence-electron chi connectivity index (χ4n) is 2.26. The highest BCUT2D eigenvalue weighted by molar-refractivity contribution is 5.55. The second-order valence-corrected chi connectivity index (χ2v) is 5.63. The topological polar surface area (TPSA) is 74.1 Å². The second-order valence-electron chi connectivity index (χ2n) is 5.63. The van der Waals surface area contributed by atoms with Crippen LogP contribution >= 0.6 is 0 Å². The molecule has 0 N–H and O–H groups in total. The van der Waals surface area contributed by atoms with Crippen molar-refractivity contribution in [2.75, 3.05) is 34.4 Å². The fraction of sp³-hybridized carbons (Fsp3) is 0.263. The number of methoxy groups -OCH3 is 2. The molecular formula is C19H21FN2O5. The molecule has 144 valence electrons. The van der Waals surface area contributed by atoms with Gasteiger partial charge in [0.2, 0.25) is 0 Å². The summed E-state index contributed by atoms with van der Waals surface area (Å²) in [5.74, 6) is 0.520. The number of likely N-dealkylation sites (N-methyl/N-ethyl adjacent to an activating group) is 1. The van der Waals surface area contributed by atoms with Crippen molar-refractivity contribution in [3.8, 4) is 17.2 Å². The Morgan fingerprint density at radius 2 is 1.81 bits per heavy atom. The van der Waals surface area contributed by atoms with E-state index in [9.17, 15) is 14.5 Å². The van der Waals surface area contributed by atoms with Gasteiger partial charge in [0.15, 0.2) is 23.1 Å². The molecule has 0 fully saturated rings. The fourth-order valence-corrected chi connectivity index (χ4v) is 2.26. The van der Waals surface area contributed by atoms with Crippen LogP contribution in [0, 0.1) is 15.9 Å². The quantitative estimate of drug-likeness (QED) is 0.490. The van der Waals surface area contributed by atoms with Gasteiger partial charge >= 0.3 is 0 Å². The summed E-state index contributed by atoms with van der Waals surface area (Å²) >= 11 is 0. The molecule has 0 heterocycles. The summed E-state index contributed by atoms with van der Waals surface area (Å²) in [4.78, 5) is 11.8. The molecule has 0 bridgehead atoms. The smallest absolute Gasteiger partial charge is 0.272 e. The van der Waals surface area contributed by atoms with E-state index in [0.29, 0.717) is 18.0 Å². The van der Waals surface area contributed by atoms with Crippen molar-refractivity contribution < 1.29 is 23.5 Å². The molecule has 0 saturated carbocycles. The monoisotopic (exact) mass is 376 g/mol. The maximum atomic E-state index is 13.8. The lowest BCUT2D eigenvalue weighted by Crippen LogP contribution is -2.19. The van der Waals surface area contributed by atoms with E-state index in [1.54, 1.807) is 14.2 Å². The van der Waals surface area contributed by atoms with Crippen LogP contribution in [0.4, 0.5) is 10.1 Å². The molecule has 7 nitrogen and oxygen atoms in total. The van der Waals surface area contributed by atoms with Crippen LogP contribution < -0.4 is 14.2 Å². The number of nitrogens with zero attached hydrogens (tertiary/aromatic N) is 2. The summed E-state index contributed by atoms with van der Waals surface area (Å²) in [6.07, 6.45) is 3.76. The molecule has 2 rings (SSSR count). The minimum atomic E-state index is -0.757. The predicted octanol–water partition coefficient (Wildman–Crippen LogP) is 3.73. The van der Waals surface area contributed by atoms with Gasteiger partial charge in [-0.3, -0.25) is 10.1 Å². The first-order valence-corrected chi connectivity index (χ1v) is 8.11. The van der Waals surface area contributed by atoms with Gasteiger partial charge in [0.25, 0.3) is 5.69 Å². The van der Waals surface area contributed by atoms with Crippen molar-refractivity contribution in [1.82, 2.24) is 4.90 Å². The first kappa shape index (κ1) is 20.0.